The third-order valence-corrected chi connectivity index (χ3v) is 8.79. The van der Waals surface area contributed by atoms with Crippen molar-refractivity contribution in [3.63, 3.8) is 0 Å². The van der Waals surface area contributed by atoms with Crippen LogP contribution in [0, 0.1) is 0 Å². The summed E-state index contributed by atoms with van der Waals surface area (Å²) in [5.74, 6) is 0.877. The first-order valence-corrected chi connectivity index (χ1v) is 15.0. The van der Waals surface area contributed by atoms with Crippen LogP contribution >= 0.6 is 0 Å². The van der Waals surface area contributed by atoms with Crippen LogP contribution in [0.5, 0.6) is 0 Å². The molecule has 2 aromatic heterocycles. The van der Waals surface area contributed by atoms with Gasteiger partial charge in [-0.15, -0.1) is 0 Å². The summed E-state index contributed by atoms with van der Waals surface area (Å²) < 4.78 is 4.66. The molecule has 0 saturated heterocycles. The number of aromatic nitrogens is 2. The third kappa shape index (κ3) is 3.89. The maximum absolute atomic E-state index is 5.10. The number of rotatable bonds is 4. The van der Waals surface area contributed by atoms with Gasteiger partial charge in [0, 0.05) is 44.9 Å². The molecule has 0 amide bonds. The van der Waals surface area contributed by atoms with Crippen molar-refractivity contribution in [3.8, 4) is 11.4 Å². The molecule has 44 heavy (non-hydrogen) atoms. The van der Waals surface area contributed by atoms with E-state index in [0.717, 1.165) is 28.5 Å². The molecule has 1 aliphatic heterocycles. The summed E-state index contributed by atoms with van der Waals surface area (Å²) >= 11 is 0. The first-order valence-electron chi connectivity index (χ1n) is 15.0. The number of amidine groups is 1. The number of para-hydroxylation sites is 3. The first kappa shape index (κ1) is 24.7. The van der Waals surface area contributed by atoms with Gasteiger partial charge >= 0.3 is 0 Å². The highest BCUT2D eigenvalue weighted by Gasteiger charge is 2.24. The molecule has 208 valence electrons. The fraction of sp³-hybridized carbons (Fsp3) is 0.0250. The molecule has 1 N–H and O–H groups in total. The molecule has 9 rings (SSSR count). The van der Waals surface area contributed by atoms with Crippen molar-refractivity contribution in [1.29, 1.82) is 0 Å². The first-order chi connectivity index (χ1) is 21.8. The maximum atomic E-state index is 5.10. The Labute approximate surface area is 255 Å². The van der Waals surface area contributed by atoms with E-state index in [2.05, 4.69) is 172 Å². The summed E-state index contributed by atoms with van der Waals surface area (Å²) in [6, 6.07) is 53.9. The SMILES string of the molecule is c1ccc(C2NC(c3cccc(-n4c5ccccc5c5cc6c(ccn6-c6ccccc6)cc54)c3)=Nc3ccccc32)cc1. The molecule has 4 nitrogen and oxygen atoms in total. The largest absolute Gasteiger partial charge is 0.359 e. The number of hydrogen-bond acceptors (Lipinski definition) is 2. The standard InChI is InChI=1S/C40H28N4/c1-3-12-27(13-4-1)39-33-19-7-9-20-35(33)41-40(42-39)29-14-11-17-31(24-29)44-36-21-10-8-18-32(36)34-26-37-28(25-38(34)44)22-23-43(37)30-15-5-2-6-16-30/h1-26,39H,(H,41,42). The van der Waals surface area contributed by atoms with E-state index >= 15 is 0 Å². The van der Waals surface area contributed by atoms with Gasteiger partial charge in [-0.05, 0) is 60.2 Å². The molecule has 8 aromatic rings. The Morgan fingerprint density at radius 3 is 2.18 bits per heavy atom. The molecule has 0 radical (unpaired) electrons. The average Bonchev–Trinajstić information content (AvgIpc) is 3.66. The van der Waals surface area contributed by atoms with Crippen LogP contribution in [0.4, 0.5) is 5.69 Å². The van der Waals surface area contributed by atoms with E-state index in [-0.39, 0.29) is 6.04 Å². The maximum Gasteiger partial charge on any atom is 0.134 e. The van der Waals surface area contributed by atoms with E-state index in [4.69, 9.17) is 4.99 Å². The lowest BCUT2D eigenvalue weighted by Gasteiger charge is -2.28. The molecular formula is C40H28N4. The van der Waals surface area contributed by atoms with Gasteiger partial charge < -0.3 is 14.5 Å². The molecular weight excluding hydrogens is 536 g/mol. The van der Waals surface area contributed by atoms with Gasteiger partial charge in [-0.1, -0.05) is 97.1 Å². The molecule has 6 aromatic carbocycles. The van der Waals surface area contributed by atoms with Crippen LogP contribution in [0.25, 0.3) is 44.1 Å². The van der Waals surface area contributed by atoms with Gasteiger partial charge in [-0.2, -0.15) is 0 Å². The molecule has 3 heterocycles. The van der Waals surface area contributed by atoms with Crippen LogP contribution in [0.3, 0.4) is 0 Å². The Morgan fingerprint density at radius 2 is 1.30 bits per heavy atom. The Hall–Kier alpha value is -5.87. The minimum Gasteiger partial charge on any atom is -0.359 e. The fourth-order valence-corrected chi connectivity index (χ4v) is 6.74. The minimum atomic E-state index is 0.0266. The lowest BCUT2D eigenvalue weighted by molar-refractivity contribution is 0.749. The fourth-order valence-electron chi connectivity index (χ4n) is 6.74. The van der Waals surface area contributed by atoms with Crippen molar-refractivity contribution in [3.05, 3.63) is 175 Å². The number of hydrogen-bond donors (Lipinski definition) is 1. The molecule has 0 spiro atoms. The third-order valence-electron chi connectivity index (χ3n) is 8.79. The summed E-state index contributed by atoms with van der Waals surface area (Å²) in [4.78, 5) is 5.10. The van der Waals surface area contributed by atoms with Gasteiger partial charge in [-0.25, -0.2) is 4.99 Å². The van der Waals surface area contributed by atoms with Crippen LogP contribution < -0.4 is 5.32 Å². The van der Waals surface area contributed by atoms with Crippen molar-refractivity contribution < 1.29 is 0 Å². The summed E-state index contributed by atoms with van der Waals surface area (Å²) in [5, 5.41) is 7.45. The number of aliphatic imine (C=N–C) groups is 1. The smallest absolute Gasteiger partial charge is 0.134 e. The highest BCUT2D eigenvalue weighted by Crippen LogP contribution is 2.37. The van der Waals surface area contributed by atoms with E-state index < -0.39 is 0 Å². The van der Waals surface area contributed by atoms with Gasteiger partial charge in [0.05, 0.1) is 28.3 Å². The molecule has 4 heteroatoms. The molecule has 1 atom stereocenters. The topological polar surface area (TPSA) is 34.2 Å². The molecule has 0 aliphatic carbocycles. The zero-order chi connectivity index (χ0) is 29.0. The highest BCUT2D eigenvalue weighted by molar-refractivity contribution is 6.13. The number of nitrogens with zero attached hydrogens (tertiary/aromatic N) is 3. The van der Waals surface area contributed by atoms with Crippen LogP contribution in [0.2, 0.25) is 0 Å². The van der Waals surface area contributed by atoms with E-state index in [1.807, 2.05) is 0 Å². The van der Waals surface area contributed by atoms with Crippen LogP contribution in [0.1, 0.15) is 22.7 Å². The van der Waals surface area contributed by atoms with E-state index in [1.165, 1.54) is 43.8 Å². The van der Waals surface area contributed by atoms with Gasteiger partial charge in [0.2, 0.25) is 0 Å². The summed E-state index contributed by atoms with van der Waals surface area (Å²) in [5.41, 5.74) is 10.3. The molecule has 0 bridgehead atoms. The summed E-state index contributed by atoms with van der Waals surface area (Å²) in [6.45, 7) is 0. The van der Waals surface area contributed by atoms with Gasteiger partial charge in [0.25, 0.3) is 0 Å². The van der Waals surface area contributed by atoms with Crippen LogP contribution in [-0.4, -0.2) is 15.0 Å². The van der Waals surface area contributed by atoms with Crippen molar-refractivity contribution in [2.24, 2.45) is 4.99 Å². The minimum absolute atomic E-state index is 0.0266. The lowest BCUT2D eigenvalue weighted by atomic mass is 9.95. The molecule has 0 saturated carbocycles. The Morgan fingerprint density at radius 1 is 0.545 bits per heavy atom. The molecule has 1 aliphatic rings. The van der Waals surface area contributed by atoms with Crippen LogP contribution in [-0.2, 0) is 0 Å². The number of benzene rings is 6. The van der Waals surface area contributed by atoms with Crippen molar-refractivity contribution in [2.75, 3.05) is 0 Å². The second-order valence-electron chi connectivity index (χ2n) is 11.4. The normalized spacial score (nSPS) is 14.5. The lowest BCUT2D eigenvalue weighted by Crippen LogP contribution is -2.32. The predicted octanol–water partition coefficient (Wildman–Crippen LogP) is 9.50. The van der Waals surface area contributed by atoms with E-state index in [9.17, 15) is 0 Å². The van der Waals surface area contributed by atoms with Gasteiger partial charge in [0.1, 0.15) is 5.84 Å². The second-order valence-corrected chi connectivity index (χ2v) is 11.4. The molecule has 0 fully saturated rings. The summed E-state index contributed by atoms with van der Waals surface area (Å²) in [6.07, 6.45) is 2.17. The van der Waals surface area contributed by atoms with Crippen molar-refractivity contribution in [1.82, 2.24) is 14.5 Å². The molecule has 1 unspecified atom stereocenters. The van der Waals surface area contributed by atoms with Crippen molar-refractivity contribution >= 4 is 44.2 Å². The van der Waals surface area contributed by atoms with Crippen LogP contribution in [0.15, 0.2) is 163 Å². The zero-order valence-electron chi connectivity index (χ0n) is 23.9. The van der Waals surface area contributed by atoms with Crippen molar-refractivity contribution in [2.45, 2.75) is 6.04 Å². The quantitative estimate of drug-likeness (QED) is 0.227. The van der Waals surface area contributed by atoms with Gasteiger partial charge in [0.15, 0.2) is 0 Å². The highest BCUT2D eigenvalue weighted by atomic mass is 15.1. The predicted molar refractivity (Wildman–Crippen MR) is 182 cm³/mol. The van der Waals surface area contributed by atoms with E-state index in [1.54, 1.807) is 0 Å². The monoisotopic (exact) mass is 564 g/mol. The zero-order valence-corrected chi connectivity index (χ0v) is 23.9. The summed E-state index contributed by atoms with van der Waals surface area (Å²) in [7, 11) is 0. The number of nitrogens with one attached hydrogen (secondary N) is 1. The average molecular weight is 565 g/mol. The van der Waals surface area contributed by atoms with E-state index in [0.29, 0.717) is 0 Å². The Balaban J connectivity index is 1.21. The van der Waals surface area contributed by atoms with Gasteiger partial charge in [-0.3, -0.25) is 0 Å². The second kappa shape index (κ2) is 9.85. The number of fused-ring (bicyclic) bond motifs is 5. The Bertz CT molecular complexity index is 2360. The Kier molecular flexibility index (Phi) is 5.53.